The highest BCUT2D eigenvalue weighted by Crippen LogP contribution is 2.27. The summed E-state index contributed by atoms with van der Waals surface area (Å²) in [6.07, 6.45) is 7.29. The lowest BCUT2D eigenvalue weighted by molar-refractivity contribution is -0.138. The highest BCUT2D eigenvalue weighted by molar-refractivity contribution is 5.76. The first-order chi connectivity index (χ1) is 12.6. The van der Waals surface area contributed by atoms with E-state index in [1.165, 1.54) is 0 Å². The first-order valence-electron chi connectivity index (χ1n) is 9.28. The second kappa shape index (κ2) is 8.85. The van der Waals surface area contributed by atoms with Crippen LogP contribution in [0.5, 0.6) is 5.75 Å². The van der Waals surface area contributed by atoms with E-state index < -0.39 is 6.10 Å². The van der Waals surface area contributed by atoms with Crippen molar-refractivity contribution in [1.29, 1.82) is 0 Å². The lowest BCUT2D eigenvalue weighted by Gasteiger charge is -2.39. The summed E-state index contributed by atoms with van der Waals surface area (Å²) in [6, 6.07) is 9.35. The van der Waals surface area contributed by atoms with Gasteiger partial charge in [0.15, 0.2) is 0 Å². The number of ether oxygens (including phenoxy) is 1. The Morgan fingerprint density at radius 2 is 2.15 bits per heavy atom. The van der Waals surface area contributed by atoms with Gasteiger partial charge in [-0.15, -0.1) is 0 Å². The molecule has 0 bridgehead atoms. The number of nitrogens with one attached hydrogen (secondary N) is 1. The minimum absolute atomic E-state index is 0.0675. The largest absolute Gasteiger partial charge is 0.488 e. The molecule has 1 fully saturated rings. The molecule has 0 unspecified atom stereocenters. The number of carbonyl (C=O) groups excluding carboxylic acids is 1. The summed E-state index contributed by atoms with van der Waals surface area (Å²) in [6.45, 7) is 0. The number of para-hydroxylation sites is 1. The molecule has 1 aromatic carbocycles. The molecule has 2 N–H and O–H groups in total. The third-order valence-corrected chi connectivity index (χ3v) is 5.10. The number of likely N-dealkylation sites (N-methyl/N-ethyl adjacent to an activating group) is 1. The molecule has 1 aromatic heterocycles. The molecule has 2 aromatic rings. The number of benzene rings is 1. The Hall–Kier alpha value is -2.34. The topological polar surface area (TPSA) is 78.5 Å². The molecular weight excluding hydrogens is 330 g/mol. The second-order valence-electron chi connectivity index (χ2n) is 6.92. The van der Waals surface area contributed by atoms with Crippen LogP contribution in [-0.2, 0) is 11.2 Å². The van der Waals surface area contributed by atoms with Gasteiger partial charge < -0.3 is 14.7 Å². The van der Waals surface area contributed by atoms with Crippen molar-refractivity contribution in [2.75, 3.05) is 7.05 Å². The molecule has 0 spiro atoms. The molecular formula is C20H27N3O3. The number of nitrogens with zero attached hydrogens (tertiary/aromatic N) is 2. The molecule has 1 amide bonds. The number of hydrogen-bond acceptors (Lipinski definition) is 4. The maximum Gasteiger partial charge on any atom is 0.222 e. The van der Waals surface area contributed by atoms with Gasteiger partial charge in [0, 0.05) is 19.7 Å². The van der Waals surface area contributed by atoms with Crippen LogP contribution in [0.25, 0.3) is 0 Å². The van der Waals surface area contributed by atoms with Crippen LogP contribution >= 0.6 is 0 Å². The fourth-order valence-corrected chi connectivity index (χ4v) is 3.56. The number of rotatable bonds is 7. The molecule has 0 radical (unpaired) electrons. The van der Waals surface area contributed by atoms with Gasteiger partial charge in [-0.3, -0.25) is 9.89 Å². The molecule has 0 saturated heterocycles. The number of carbonyl (C=O) groups is 1. The van der Waals surface area contributed by atoms with Gasteiger partial charge in [0.25, 0.3) is 0 Å². The highest BCUT2D eigenvalue weighted by Gasteiger charge is 2.37. The monoisotopic (exact) mass is 357 g/mol. The Kier molecular flexibility index (Phi) is 6.28. The molecule has 3 atom stereocenters. The van der Waals surface area contributed by atoms with Crippen molar-refractivity contribution in [1.82, 2.24) is 15.1 Å². The summed E-state index contributed by atoms with van der Waals surface area (Å²) in [4.78, 5) is 14.2. The smallest absolute Gasteiger partial charge is 0.222 e. The van der Waals surface area contributed by atoms with E-state index in [0.29, 0.717) is 6.42 Å². The number of hydrogen-bond donors (Lipinski definition) is 2. The van der Waals surface area contributed by atoms with Gasteiger partial charge in [-0.2, -0.15) is 5.10 Å². The number of H-pyrrole nitrogens is 1. The maximum atomic E-state index is 12.5. The SMILES string of the molecule is CN(C(=O)CCCc1cn[nH]c1)[C@@H]1CCC[C@H](Oc2ccccc2)[C@H]1O. The van der Waals surface area contributed by atoms with E-state index in [1.54, 1.807) is 18.1 Å². The zero-order valence-electron chi connectivity index (χ0n) is 15.2. The summed E-state index contributed by atoms with van der Waals surface area (Å²) >= 11 is 0. The predicted molar refractivity (Wildman–Crippen MR) is 98.8 cm³/mol. The van der Waals surface area contributed by atoms with E-state index in [0.717, 1.165) is 43.4 Å². The van der Waals surface area contributed by atoms with Crippen molar-refractivity contribution in [3.63, 3.8) is 0 Å². The first-order valence-corrected chi connectivity index (χ1v) is 9.28. The Balaban J connectivity index is 1.52. The van der Waals surface area contributed by atoms with Crippen molar-refractivity contribution in [2.45, 2.75) is 56.8 Å². The lowest BCUT2D eigenvalue weighted by Crippen LogP contribution is -2.53. The number of aromatic amines is 1. The molecule has 26 heavy (non-hydrogen) atoms. The summed E-state index contributed by atoms with van der Waals surface area (Å²) in [5, 5.41) is 17.4. The average molecular weight is 357 g/mol. The summed E-state index contributed by atoms with van der Waals surface area (Å²) < 4.78 is 5.96. The van der Waals surface area contributed by atoms with E-state index in [1.807, 2.05) is 36.5 Å². The first kappa shape index (κ1) is 18.5. The normalized spacial score (nSPS) is 22.8. The standard InChI is InChI=1S/C20H27N3O3/c1-23(19(24)12-5-7-15-13-21-22-14-15)17-10-6-11-18(20(17)25)26-16-8-3-2-4-9-16/h2-4,8-9,13-14,17-18,20,25H,5-7,10-12H2,1H3,(H,21,22)/t17-,18+,20+/m1/s1. The van der Waals surface area contributed by atoms with E-state index >= 15 is 0 Å². The molecule has 1 aliphatic rings. The lowest BCUT2D eigenvalue weighted by atomic mass is 9.88. The summed E-state index contributed by atoms with van der Waals surface area (Å²) in [5.41, 5.74) is 1.11. The molecule has 0 aliphatic heterocycles. The van der Waals surface area contributed by atoms with Gasteiger partial charge in [-0.05, 0) is 49.8 Å². The zero-order chi connectivity index (χ0) is 18.4. The Morgan fingerprint density at radius 3 is 2.88 bits per heavy atom. The van der Waals surface area contributed by atoms with Crippen LogP contribution in [0.15, 0.2) is 42.7 Å². The van der Waals surface area contributed by atoms with Crippen LogP contribution in [-0.4, -0.2) is 51.4 Å². The van der Waals surface area contributed by atoms with E-state index in [4.69, 9.17) is 4.74 Å². The van der Waals surface area contributed by atoms with Crippen LogP contribution in [0, 0.1) is 0 Å². The quantitative estimate of drug-likeness (QED) is 0.798. The maximum absolute atomic E-state index is 12.5. The number of amides is 1. The van der Waals surface area contributed by atoms with E-state index in [2.05, 4.69) is 10.2 Å². The highest BCUT2D eigenvalue weighted by atomic mass is 16.5. The van der Waals surface area contributed by atoms with Crippen LogP contribution < -0.4 is 4.74 Å². The van der Waals surface area contributed by atoms with E-state index in [9.17, 15) is 9.90 Å². The average Bonchev–Trinajstić information content (AvgIpc) is 3.17. The third kappa shape index (κ3) is 4.64. The fraction of sp³-hybridized carbons (Fsp3) is 0.500. The Bertz CT molecular complexity index is 675. The molecule has 140 valence electrons. The second-order valence-corrected chi connectivity index (χ2v) is 6.92. The molecule has 1 heterocycles. The van der Waals surface area contributed by atoms with Gasteiger partial charge in [-0.1, -0.05) is 18.2 Å². The molecule has 3 rings (SSSR count). The van der Waals surface area contributed by atoms with Crippen LogP contribution in [0.3, 0.4) is 0 Å². The molecule has 1 saturated carbocycles. The number of aliphatic hydroxyl groups excluding tert-OH is 1. The number of aryl methyl sites for hydroxylation is 1. The molecule has 6 nitrogen and oxygen atoms in total. The predicted octanol–water partition coefficient (Wildman–Crippen LogP) is 2.55. The van der Waals surface area contributed by atoms with Crippen molar-refractivity contribution >= 4 is 5.91 Å². The fourth-order valence-electron chi connectivity index (χ4n) is 3.56. The Labute approximate surface area is 154 Å². The molecule has 1 aliphatic carbocycles. The van der Waals surface area contributed by atoms with Gasteiger partial charge in [0.2, 0.25) is 5.91 Å². The van der Waals surface area contributed by atoms with Crippen LogP contribution in [0.4, 0.5) is 0 Å². The van der Waals surface area contributed by atoms with E-state index in [-0.39, 0.29) is 18.1 Å². The van der Waals surface area contributed by atoms with Crippen LogP contribution in [0.2, 0.25) is 0 Å². The third-order valence-electron chi connectivity index (χ3n) is 5.10. The number of aliphatic hydroxyl groups is 1. The van der Waals surface area contributed by atoms with Crippen molar-refractivity contribution in [2.24, 2.45) is 0 Å². The van der Waals surface area contributed by atoms with Crippen molar-refractivity contribution < 1.29 is 14.6 Å². The van der Waals surface area contributed by atoms with Gasteiger partial charge in [-0.25, -0.2) is 0 Å². The minimum Gasteiger partial charge on any atom is -0.488 e. The number of aromatic nitrogens is 2. The minimum atomic E-state index is -0.674. The summed E-state index contributed by atoms with van der Waals surface area (Å²) in [7, 11) is 1.79. The molecule has 6 heteroatoms. The van der Waals surface area contributed by atoms with Crippen LogP contribution in [0.1, 0.15) is 37.7 Å². The van der Waals surface area contributed by atoms with Gasteiger partial charge in [0.05, 0.1) is 12.2 Å². The Morgan fingerprint density at radius 1 is 1.35 bits per heavy atom. The summed E-state index contributed by atoms with van der Waals surface area (Å²) in [5.74, 6) is 0.823. The van der Waals surface area contributed by atoms with Gasteiger partial charge in [0.1, 0.15) is 18.0 Å². The zero-order valence-corrected chi connectivity index (χ0v) is 15.2. The van der Waals surface area contributed by atoms with Crippen molar-refractivity contribution in [3.05, 3.63) is 48.3 Å². The van der Waals surface area contributed by atoms with Crippen molar-refractivity contribution in [3.8, 4) is 5.75 Å². The van der Waals surface area contributed by atoms with Gasteiger partial charge >= 0.3 is 0 Å².